The standard InChI is InChI=1S/C7H9FO4/c1-11-6(9)3-5(4-8)7(10)12-2/h4H,3H2,1-2H3/b5-4-. The van der Waals surface area contributed by atoms with Crippen molar-refractivity contribution in [3.8, 4) is 0 Å². The van der Waals surface area contributed by atoms with E-state index in [1.54, 1.807) is 0 Å². The summed E-state index contributed by atoms with van der Waals surface area (Å²) in [6.45, 7) is 0. The highest BCUT2D eigenvalue weighted by Gasteiger charge is 2.14. The smallest absolute Gasteiger partial charge is 0.336 e. The average molecular weight is 176 g/mol. The van der Waals surface area contributed by atoms with E-state index in [1.165, 1.54) is 0 Å². The number of esters is 2. The zero-order valence-corrected chi connectivity index (χ0v) is 6.80. The van der Waals surface area contributed by atoms with Crippen molar-refractivity contribution >= 4 is 11.9 Å². The van der Waals surface area contributed by atoms with Crippen LogP contribution < -0.4 is 0 Å². The maximum Gasteiger partial charge on any atom is 0.336 e. The first-order valence-electron chi connectivity index (χ1n) is 3.10. The molecule has 0 aromatic carbocycles. The zero-order chi connectivity index (χ0) is 9.56. The van der Waals surface area contributed by atoms with Gasteiger partial charge in [-0.15, -0.1) is 0 Å². The molecule has 0 aromatic heterocycles. The molecule has 12 heavy (non-hydrogen) atoms. The zero-order valence-electron chi connectivity index (χ0n) is 6.80. The molecule has 0 spiro atoms. The molecule has 0 aliphatic carbocycles. The lowest BCUT2D eigenvalue weighted by Gasteiger charge is -2.00. The lowest BCUT2D eigenvalue weighted by molar-refractivity contribution is -0.143. The largest absolute Gasteiger partial charge is 0.469 e. The minimum absolute atomic E-state index is 0.0305. The van der Waals surface area contributed by atoms with Gasteiger partial charge in [0.05, 0.1) is 32.5 Å². The molecule has 0 aromatic rings. The Balaban J connectivity index is 4.20. The lowest BCUT2D eigenvalue weighted by atomic mass is 10.2. The van der Waals surface area contributed by atoms with Crippen molar-refractivity contribution in [1.82, 2.24) is 0 Å². The fourth-order valence-corrected chi connectivity index (χ4v) is 0.514. The van der Waals surface area contributed by atoms with Crippen LogP contribution in [-0.4, -0.2) is 26.2 Å². The lowest BCUT2D eigenvalue weighted by Crippen LogP contribution is -2.10. The highest BCUT2D eigenvalue weighted by atomic mass is 19.1. The molecule has 0 N–H and O–H groups in total. The van der Waals surface area contributed by atoms with Crippen molar-refractivity contribution in [3.05, 3.63) is 11.9 Å². The molecule has 0 bridgehead atoms. The number of carbonyl (C=O) groups excluding carboxylic acids is 2. The number of ether oxygens (including phenoxy) is 2. The van der Waals surface area contributed by atoms with Crippen LogP contribution in [0.25, 0.3) is 0 Å². The monoisotopic (exact) mass is 176 g/mol. The first-order valence-corrected chi connectivity index (χ1v) is 3.10. The molecule has 0 aliphatic heterocycles. The van der Waals surface area contributed by atoms with E-state index in [0.29, 0.717) is 0 Å². The molecule has 5 heteroatoms. The Morgan fingerprint density at radius 3 is 2.25 bits per heavy atom. The van der Waals surface area contributed by atoms with Crippen LogP contribution in [0.5, 0.6) is 0 Å². The van der Waals surface area contributed by atoms with Crippen molar-refractivity contribution in [2.45, 2.75) is 6.42 Å². The molecule has 0 heterocycles. The second-order valence-corrected chi connectivity index (χ2v) is 1.88. The van der Waals surface area contributed by atoms with Gasteiger partial charge in [-0.1, -0.05) is 0 Å². The fourth-order valence-electron chi connectivity index (χ4n) is 0.514. The normalized spacial score (nSPS) is 10.8. The molecular weight excluding hydrogens is 167 g/mol. The van der Waals surface area contributed by atoms with Gasteiger partial charge in [-0.25, -0.2) is 9.18 Å². The van der Waals surface area contributed by atoms with Crippen LogP contribution in [-0.2, 0) is 19.1 Å². The molecule has 0 rings (SSSR count). The van der Waals surface area contributed by atoms with Crippen LogP contribution in [0.4, 0.5) is 4.39 Å². The number of hydrogen-bond acceptors (Lipinski definition) is 4. The summed E-state index contributed by atoms with van der Waals surface area (Å²) >= 11 is 0. The Morgan fingerprint density at radius 2 is 1.92 bits per heavy atom. The molecule has 0 saturated carbocycles. The van der Waals surface area contributed by atoms with E-state index >= 15 is 0 Å². The quantitative estimate of drug-likeness (QED) is 0.466. The molecule has 0 radical (unpaired) electrons. The molecule has 4 nitrogen and oxygen atoms in total. The summed E-state index contributed by atoms with van der Waals surface area (Å²) in [5, 5.41) is 0. The second-order valence-electron chi connectivity index (χ2n) is 1.88. The maximum atomic E-state index is 11.9. The summed E-state index contributed by atoms with van der Waals surface area (Å²) in [5.74, 6) is -1.56. The third kappa shape index (κ3) is 3.14. The van der Waals surface area contributed by atoms with Crippen molar-refractivity contribution < 1.29 is 23.5 Å². The summed E-state index contributed by atoms with van der Waals surface area (Å²) in [5.41, 5.74) is -0.357. The van der Waals surface area contributed by atoms with Gasteiger partial charge in [0.25, 0.3) is 0 Å². The first-order chi connectivity index (χ1) is 5.65. The molecule has 0 atom stereocenters. The van der Waals surface area contributed by atoms with Crippen LogP contribution in [0, 0.1) is 0 Å². The topological polar surface area (TPSA) is 52.6 Å². The first kappa shape index (κ1) is 10.6. The highest BCUT2D eigenvalue weighted by molar-refractivity contribution is 5.93. The van der Waals surface area contributed by atoms with E-state index in [9.17, 15) is 14.0 Å². The Kier molecular flexibility index (Phi) is 4.67. The van der Waals surface area contributed by atoms with Gasteiger partial charge in [-0.05, 0) is 0 Å². The van der Waals surface area contributed by atoms with Crippen molar-refractivity contribution in [2.24, 2.45) is 0 Å². The third-order valence-corrected chi connectivity index (χ3v) is 1.14. The van der Waals surface area contributed by atoms with Crippen molar-refractivity contribution in [3.63, 3.8) is 0 Å². The van der Waals surface area contributed by atoms with E-state index in [2.05, 4.69) is 9.47 Å². The molecule has 0 aliphatic rings. The summed E-state index contributed by atoms with van der Waals surface area (Å²) in [6.07, 6.45) is -0.386. The van der Waals surface area contributed by atoms with E-state index in [1.807, 2.05) is 0 Å². The van der Waals surface area contributed by atoms with E-state index < -0.39 is 18.4 Å². The molecule has 68 valence electrons. The summed E-state index contributed by atoms with van der Waals surface area (Å²) < 4.78 is 20.3. The number of halogens is 1. The summed E-state index contributed by atoms with van der Waals surface area (Å²) in [6, 6.07) is 0. The van der Waals surface area contributed by atoms with Gasteiger partial charge in [0, 0.05) is 0 Å². The van der Waals surface area contributed by atoms with Gasteiger partial charge in [0.15, 0.2) is 0 Å². The van der Waals surface area contributed by atoms with E-state index in [4.69, 9.17) is 0 Å². The van der Waals surface area contributed by atoms with Crippen LogP contribution >= 0.6 is 0 Å². The predicted molar refractivity (Wildman–Crippen MR) is 37.8 cm³/mol. The van der Waals surface area contributed by atoms with E-state index in [0.717, 1.165) is 14.2 Å². The van der Waals surface area contributed by atoms with E-state index in [-0.39, 0.29) is 11.9 Å². The molecule has 0 saturated heterocycles. The Hall–Kier alpha value is -1.39. The minimum atomic E-state index is -0.872. The van der Waals surface area contributed by atoms with Gasteiger partial charge in [-0.3, -0.25) is 4.79 Å². The van der Waals surface area contributed by atoms with Gasteiger partial charge < -0.3 is 9.47 Å². The SMILES string of the molecule is COC(=O)C/C(=C/F)C(=O)OC. The third-order valence-electron chi connectivity index (χ3n) is 1.14. The number of methoxy groups -OCH3 is 2. The Bertz CT molecular complexity index is 209. The van der Waals surface area contributed by atoms with Crippen LogP contribution in [0.15, 0.2) is 11.9 Å². The fraction of sp³-hybridized carbons (Fsp3) is 0.429. The van der Waals surface area contributed by atoms with Crippen LogP contribution in [0.2, 0.25) is 0 Å². The van der Waals surface area contributed by atoms with Gasteiger partial charge >= 0.3 is 11.9 Å². The van der Waals surface area contributed by atoms with Crippen molar-refractivity contribution in [1.29, 1.82) is 0 Å². The van der Waals surface area contributed by atoms with Gasteiger partial charge in [0.1, 0.15) is 0 Å². The number of rotatable bonds is 3. The van der Waals surface area contributed by atoms with Crippen LogP contribution in [0.3, 0.4) is 0 Å². The Labute approximate surface area is 69.0 Å². The molecule has 0 fully saturated rings. The summed E-state index contributed by atoms with van der Waals surface area (Å²) in [7, 11) is 2.25. The average Bonchev–Trinajstić information content (AvgIpc) is 2.12. The Morgan fingerprint density at radius 1 is 1.33 bits per heavy atom. The van der Waals surface area contributed by atoms with Gasteiger partial charge in [-0.2, -0.15) is 0 Å². The predicted octanol–water partition coefficient (Wildman–Crippen LogP) is 0.576. The number of carbonyl (C=O) groups is 2. The summed E-state index contributed by atoms with van der Waals surface area (Å²) in [4.78, 5) is 21.2. The molecule has 0 unspecified atom stereocenters. The van der Waals surface area contributed by atoms with Crippen molar-refractivity contribution in [2.75, 3.05) is 14.2 Å². The highest BCUT2D eigenvalue weighted by Crippen LogP contribution is 2.05. The maximum absolute atomic E-state index is 11.9. The van der Waals surface area contributed by atoms with Gasteiger partial charge in [0.2, 0.25) is 0 Å². The molecular formula is C7H9FO4. The number of hydrogen-bond donors (Lipinski definition) is 0. The second kappa shape index (κ2) is 5.29. The van der Waals surface area contributed by atoms with Crippen LogP contribution in [0.1, 0.15) is 6.42 Å². The minimum Gasteiger partial charge on any atom is -0.469 e. The molecule has 0 amide bonds.